The van der Waals surface area contributed by atoms with Crippen LogP contribution in [0.4, 0.5) is 4.39 Å². The Labute approximate surface area is 179 Å². The zero-order chi connectivity index (χ0) is 22.2. The van der Waals surface area contributed by atoms with Crippen molar-refractivity contribution in [2.75, 3.05) is 6.54 Å². The molecule has 2 aromatic heterocycles. The van der Waals surface area contributed by atoms with E-state index in [0.29, 0.717) is 16.5 Å². The quantitative estimate of drug-likeness (QED) is 0.591. The van der Waals surface area contributed by atoms with Crippen LogP contribution >= 0.6 is 0 Å². The first-order valence-corrected chi connectivity index (χ1v) is 10.1. The highest BCUT2D eigenvalue weighted by Gasteiger charge is 2.43. The number of amides is 1. The van der Waals surface area contributed by atoms with E-state index in [1.165, 1.54) is 11.8 Å². The second-order valence-corrected chi connectivity index (χ2v) is 8.20. The van der Waals surface area contributed by atoms with Gasteiger partial charge < -0.3 is 4.90 Å². The Kier molecular flexibility index (Phi) is 5.27. The van der Waals surface area contributed by atoms with Gasteiger partial charge in [-0.3, -0.25) is 19.3 Å². The van der Waals surface area contributed by atoms with E-state index in [4.69, 9.17) is 0 Å². The molecule has 0 aliphatic carbocycles. The number of Topliss-reactive ketones (excluding diaryl/α,β-unsaturated/α-hetero) is 1. The molecule has 0 bridgehead atoms. The van der Waals surface area contributed by atoms with Crippen LogP contribution in [0.3, 0.4) is 0 Å². The van der Waals surface area contributed by atoms with Gasteiger partial charge in [-0.15, -0.1) is 0 Å². The van der Waals surface area contributed by atoms with Gasteiger partial charge in [-0.1, -0.05) is 6.07 Å². The van der Waals surface area contributed by atoms with Gasteiger partial charge in [-0.05, 0) is 30.7 Å². The number of ketones is 1. The predicted octanol–water partition coefficient (Wildman–Crippen LogP) is 3.45. The number of nitrogens with zero attached hydrogens (tertiary/aromatic N) is 5. The number of hydrogen-bond acceptors (Lipinski definition) is 5. The first-order valence-electron chi connectivity index (χ1n) is 10.1. The van der Waals surface area contributed by atoms with Gasteiger partial charge in [0.05, 0.1) is 24.3 Å². The highest BCUT2D eigenvalue weighted by Crippen LogP contribution is 2.31. The van der Waals surface area contributed by atoms with E-state index in [2.05, 4.69) is 10.1 Å². The molecule has 1 unspecified atom stereocenters. The molecule has 7 nitrogen and oxygen atoms in total. The molecule has 3 aromatic rings. The van der Waals surface area contributed by atoms with Crippen LogP contribution < -0.4 is 0 Å². The maximum absolute atomic E-state index is 14.3. The molecule has 1 fully saturated rings. The molecule has 1 aliphatic rings. The first kappa shape index (κ1) is 20.7. The summed E-state index contributed by atoms with van der Waals surface area (Å²) in [6.45, 7) is 1.27. The predicted molar refractivity (Wildman–Crippen MR) is 113 cm³/mol. The lowest BCUT2D eigenvalue weighted by atomic mass is 9.99. The fourth-order valence-electron chi connectivity index (χ4n) is 4.06. The van der Waals surface area contributed by atoms with Gasteiger partial charge >= 0.3 is 0 Å². The number of carbonyl (C=O) groups is 2. The summed E-state index contributed by atoms with van der Waals surface area (Å²) < 4.78 is 16.0. The standard InChI is InChI=1S/C23H22FN5O2/c1-23(24)10-17(11-25)29(14-23)22(31)6-5-21(30)18-7-8-26-20-4-3-15(9-19(18)20)16-12-27-28(2)13-16/h3-4,7-9,12-13,17H,5-6,10,14H2,1-2H3/t17-,23?/m0/s1. The minimum absolute atomic E-state index is 0.00466. The maximum atomic E-state index is 14.3. The van der Waals surface area contributed by atoms with Crippen LogP contribution in [0.2, 0.25) is 0 Å². The average Bonchev–Trinajstić information content (AvgIpc) is 3.33. The molecule has 1 saturated heterocycles. The lowest BCUT2D eigenvalue weighted by Gasteiger charge is -2.19. The number of carbonyl (C=O) groups excluding carboxylic acids is 2. The van der Waals surface area contributed by atoms with Crippen molar-refractivity contribution in [1.29, 1.82) is 5.26 Å². The minimum Gasteiger partial charge on any atom is -0.323 e. The third-order valence-electron chi connectivity index (χ3n) is 5.61. The Morgan fingerprint density at radius 1 is 1.29 bits per heavy atom. The summed E-state index contributed by atoms with van der Waals surface area (Å²) in [5, 5.41) is 14.1. The van der Waals surface area contributed by atoms with E-state index in [-0.39, 0.29) is 37.5 Å². The van der Waals surface area contributed by atoms with Gasteiger partial charge in [0.15, 0.2) is 5.78 Å². The van der Waals surface area contributed by atoms with Crippen LogP contribution in [0, 0.1) is 11.3 Å². The number of aromatic nitrogens is 3. The largest absolute Gasteiger partial charge is 0.323 e. The van der Waals surface area contributed by atoms with Gasteiger partial charge in [0.2, 0.25) is 5.91 Å². The molecule has 1 amide bonds. The summed E-state index contributed by atoms with van der Waals surface area (Å²) >= 11 is 0. The van der Waals surface area contributed by atoms with Crippen LogP contribution in [0.15, 0.2) is 42.9 Å². The Morgan fingerprint density at radius 3 is 2.81 bits per heavy atom. The number of alkyl halides is 1. The van der Waals surface area contributed by atoms with Crippen molar-refractivity contribution in [1.82, 2.24) is 19.7 Å². The second-order valence-electron chi connectivity index (χ2n) is 8.20. The van der Waals surface area contributed by atoms with Crippen molar-refractivity contribution in [3.05, 3.63) is 48.4 Å². The number of nitriles is 1. The Bertz CT molecular complexity index is 1210. The fraction of sp³-hybridized carbons (Fsp3) is 0.348. The summed E-state index contributed by atoms with van der Waals surface area (Å²) in [4.78, 5) is 31.1. The number of benzene rings is 1. The number of rotatable bonds is 5. The molecular weight excluding hydrogens is 397 g/mol. The molecule has 0 radical (unpaired) electrons. The Morgan fingerprint density at radius 2 is 2.10 bits per heavy atom. The number of pyridine rings is 1. The van der Waals surface area contributed by atoms with Crippen LogP contribution in [0.25, 0.3) is 22.0 Å². The van der Waals surface area contributed by atoms with Crippen molar-refractivity contribution in [3.63, 3.8) is 0 Å². The molecule has 0 N–H and O–H groups in total. The monoisotopic (exact) mass is 419 g/mol. The lowest BCUT2D eigenvalue weighted by molar-refractivity contribution is -0.131. The van der Waals surface area contributed by atoms with Crippen molar-refractivity contribution < 1.29 is 14.0 Å². The molecular formula is C23H22FN5O2. The molecule has 8 heteroatoms. The van der Waals surface area contributed by atoms with Crippen molar-refractivity contribution in [2.24, 2.45) is 7.05 Å². The fourth-order valence-corrected chi connectivity index (χ4v) is 4.06. The second kappa shape index (κ2) is 7.91. The summed E-state index contributed by atoms with van der Waals surface area (Å²) in [6, 6.07) is 8.51. The van der Waals surface area contributed by atoms with Gasteiger partial charge in [0, 0.05) is 55.2 Å². The summed E-state index contributed by atoms with van der Waals surface area (Å²) in [5.74, 6) is -0.574. The zero-order valence-corrected chi connectivity index (χ0v) is 17.4. The van der Waals surface area contributed by atoms with Crippen molar-refractivity contribution in [2.45, 2.75) is 37.9 Å². The molecule has 4 rings (SSSR count). The van der Waals surface area contributed by atoms with E-state index in [9.17, 15) is 19.2 Å². The molecule has 1 aliphatic heterocycles. The van der Waals surface area contributed by atoms with E-state index in [1.807, 2.05) is 37.5 Å². The Hall–Kier alpha value is -3.60. The molecule has 1 aromatic carbocycles. The van der Waals surface area contributed by atoms with Crippen LogP contribution in [0.5, 0.6) is 0 Å². The Balaban J connectivity index is 1.54. The average molecular weight is 419 g/mol. The van der Waals surface area contributed by atoms with Gasteiger partial charge in [-0.25, -0.2) is 4.39 Å². The van der Waals surface area contributed by atoms with Crippen molar-refractivity contribution in [3.8, 4) is 17.2 Å². The minimum atomic E-state index is -1.58. The third-order valence-corrected chi connectivity index (χ3v) is 5.61. The third kappa shape index (κ3) is 4.17. The van der Waals surface area contributed by atoms with Gasteiger partial charge in [0.25, 0.3) is 0 Å². The smallest absolute Gasteiger partial charge is 0.224 e. The SMILES string of the molecule is Cn1cc(-c2ccc3nccc(C(=O)CCC(=O)N4CC(C)(F)C[C@H]4C#N)c3c2)cn1. The normalized spacial score (nSPS) is 20.7. The number of fused-ring (bicyclic) bond motifs is 1. The highest BCUT2D eigenvalue weighted by molar-refractivity contribution is 6.08. The number of halogens is 1. The van der Waals surface area contributed by atoms with Gasteiger partial charge in [-0.2, -0.15) is 10.4 Å². The van der Waals surface area contributed by atoms with E-state index in [0.717, 1.165) is 11.1 Å². The summed E-state index contributed by atoms with van der Waals surface area (Å²) in [7, 11) is 1.83. The van der Waals surface area contributed by atoms with E-state index >= 15 is 0 Å². The number of likely N-dealkylation sites (tertiary alicyclic amines) is 1. The number of aryl methyl sites for hydroxylation is 1. The first-order chi connectivity index (χ1) is 14.8. The molecule has 31 heavy (non-hydrogen) atoms. The van der Waals surface area contributed by atoms with Gasteiger partial charge in [0.1, 0.15) is 11.7 Å². The summed E-state index contributed by atoms with van der Waals surface area (Å²) in [6.07, 6.45) is 5.11. The molecule has 0 spiro atoms. The van der Waals surface area contributed by atoms with Crippen LogP contribution in [0.1, 0.15) is 36.5 Å². The van der Waals surface area contributed by atoms with Crippen molar-refractivity contribution >= 4 is 22.6 Å². The van der Waals surface area contributed by atoms with Crippen LogP contribution in [-0.4, -0.2) is 49.6 Å². The summed E-state index contributed by atoms with van der Waals surface area (Å²) in [5.41, 5.74) is 1.42. The molecule has 0 saturated carbocycles. The zero-order valence-electron chi connectivity index (χ0n) is 17.4. The van der Waals surface area contributed by atoms with E-state index in [1.54, 1.807) is 23.1 Å². The lowest BCUT2D eigenvalue weighted by Crippen LogP contribution is -2.36. The highest BCUT2D eigenvalue weighted by atomic mass is 19.1. The molecule has 158 valence electrons. The van der Waals surface area contributed by atoms with E-state index < -0.39 is 11.7 Å². The topological polar surface area (TPSA) is 91.9 Å². The number of hydrogen-bond donors (Lipinski definition) is 0. The molecule has 3 heterocycles. The maximum Gasteiger partial charge on any atom is 0.224 e. The van der Waals surface area contributed by atoms with Crippen LogP contribution in [-0.2, 0) is 11.8 Å². The molecule has 2 atom stereocenters.